The van der Waals surface area contributed by atoms with E-state index in [0.29, 0.717) is 16.8 Å². The molecule has 0 radical (unpaired) electrons. The fourth-order valence-electron chi connectivity index (χ4n) is 3.64. The number of unbranched alkanes of at least 4 members (excludes halogenated alkanes) is 1. The third kappa shape index (κ3) is 3.73. The van der Waals surface area contributed by atoms with E-state index < -0.39 is 11.6 Å². The van der Waals surface area contributed by atoms with Gasteiger partial charge in [0.05, 0.1) is 11.3 Å². The zero-order chi connectivity index (χ0) is 19.4. The van der Waals surface area contributed by atoms with Gasteiger partial charge in [0.25, 0.3) is 5.84 Å². The Labute approximate surface area is 158 Å². The first-order chi connectivity index (χ1) is 13.0. The minimum absolute atomic E-state index is 0.0873. The number of hydrogen-bond donors (Lipinski definition) is 1. The highest BCUT2D eigenvalue weighted by Crippen LogP contribution is 2.35. The molecule has 144 valence electrons. The SMILES string of the molecule is CCCC[C@H](CN)[N+]12C=CC=C(OCc3c(F)cccc3F)C1=NC(C)=C2. The second-order valence-electron chi connectivity index (χ2n) is 6.93. The van der Waals surface area contributed by atoms with Gasteiger partial charge >= 0.3 is 0 Å². The molecule has 0 bridgehead atoms. The molecule has 0 amide bonds. The van der Waals surface area contributed by atoms with Crippen molar-refractivity contribution in [2.45, 2.75) is 45.8 Å². The maximum atomic E-state index is 13.9. The van der Waals surface area contributed by atoms with Crippen molar-refractivity contribution >= 4 is 5.84 Å². The van der Waals surface area contributed by atoms with Crippen LogP contribution in [0.25, 0.3) is 0 Å². The highest BCUT2D eigenvalue weighted by Gasteiger charge is 2.46. The maximum Gasteiger partial charge on any atom is 0.280 e. The third-order valence-corrected chi connectivity index (χ3v) is 5.05. The Hall–Kier alpha value is -2.31. The van der Waals surface area contributed by atoms with Gasteiger partial charge in [-0.15, -0.1) is 0 Å². The highest BCUT2D eigenvalue weighted by molar-refractivity contribution is 5.95. The molecule has 6 heteroatoms. The number of nitrogens with zero attached hydrogens (tertiary/aromatic N) is 2. The molecule has 2 N–H and O–H groups in total. The summed E-state index contributed by atoms with van der Waals surface area (Å²) < 4.78 is 34.1. The summed E-state index contributed by atoms with van der Waals surface area (Å²) >= 11 is 0. The molecule has 1 aromatic rings. The second kappa shape index (κ2) is 8.15. The maximum absolute atomic E-state index is 13.9. The monoisotopic (exact) mass is 374 g/mol. The molecule has 27 heavy (non-hydrogen) atoms. The predicted octanol–water partition coefficient (Wildman–Crippen LogP) is 4.50. The molecule has 0 aliphatic carbocycles. The van der Waals surface area contributed by atoms with Crippen molar-refractivity contribution in [2.75, 3.05) is 6.54 Å². The van der Waals surface area contributed by atoms with Crippen molar-refractivity contribution in [2.24, 2.45) is 10.7 Å². The number of amidine groups is 1. The molecule has 0 aromatic heterocycles. The first kappa shape index (κ1) is 19.5. The molecule has 4 nitrogen and oxygen atoms in total. The van der Waals surface area contributed by atoms with Gasteiger partial charge < -0.3 is 10.5 Å². The first-order valence-corrected chi connectivity index (χ1v) is 9.34. The smallest absolute Gasteiger partial charge is 0.280 e. The standard InChI is InChI=1S/C21H26F2N3O/c1-3-4-7-16(12-24)26-11-6-10-20(21(26)25-15(2)13-26)27-14-17-18(22)8-5-9-19(17)23/h5-6,8-11,13,16H,3-4,7,12,14,24H2,1-2H3/q+1/t16-,26?/m1/s1. The van der Waals surface area contributed by atoms with Crippen LogP contribution in [-0.2, 0) is 11.3 Å². The van der Waals surface area contributed by atoms with Crippen molar-refractivity contribution in [3.8, 4) is 0 Å². The lowest BCUT2D eigenvalue weighted by molar-refractivity contribution is -0.760. The number of halogens is 2. The Balaban J connectivity index is 1.85. The van der Waals surface area contributed by atoms with Gasteiger partial charge in [0.15, 0.2) is 0 Å². The minimum Gasteiger partial charge on any atom is -0.481 e. The topological polar surface area (TPSA) is 47.6 Å². The van der Waals surface area contributed by atoms with Crippen LogP contribution in [0.5, 0.6) is 0 Å². The summed E-state index contributed by atoms with van der Waals surface area (Å²) in [5.41, 5.74) is 6.88. The number of nitrogens with two attached hydrogens (primary N) is 1. The van der Waals surface area contributed by atoms with Crippen LogP contribution < -0.4 is 5.73 Å². The molecule has 1 unspecified atom stereocenters. The van der Waals surface area contributed by atoms with Gasteiger partial charge in [-0.3, -0.25) is 0 Å². The van der Waals surface area contributed by atoms with E-state index >= 15 is 0 Å². The summed E-state index contributed by atoms with van der Waals surface area (Å²) in [7, 11) is 0. The molecule has 2 atom stereocenters. The number of aliphatic imine (C=N–C) groups is 1. The van der Waals surface area contributed by atoms with Crippen molar-refractivity contribution in [1.29, 1.82) is 0 Å². The van der Waals surface area contributed by atoms with Gasteiger partial charge in [-0.05, 0) is 37.6 Å². The van der Waals surface area contributed by atoms with E-state index in [1.54, 1.807) is 6.08 Å². The summed E-state index contributed by atoms with van der Waals surface area (Å²) in [5, 5.41) is 0. The number of rotatable bonds is 8. The number of fused-ring (bicyclic) bond motifs is 1. The first-order valence-electron chi connectivity index (χ1n) is 9.34. The average Bonchev–Trinajstić information content (AvgIpc) is 2.99. The van der Waals surface area contributed by atoms with E-state index in [1.807, 2.05) is 13.0 Å². The van der Waals surface area contributed by atoms with Gasteiger partial charge in [0.2, 0.25) is 5.76 Å². The number of benzene rings is 1. The zero-order valence-electron chi connectivity index (χ0n) is 15.8. The average molecular weight is 374 g/mol. The Bertz CT molecular complexity index is 808. The fraction of sp³-hybridized carbons (Fsp3) is 0.381. The van der Waals surface area contributed by atoms with Crippen molar-refractivity contribution in [1.82, 2.24) is 0 Å². The van der Waals surface area contributed by atoms with E-state index in [2.05, 4.69) is 24.3 Å². The molecule has 3 rings (SSSR count). The van der Waals surface area contributed by atoms with E-state index in [9.17, 15) is 8.78 Å². The van der Waals surface area contributed by atoms with Crippen LogP contribution in [0.3, 0.4) is 0 Å². The Morgan fingerprint density at radius 2 is 2.00 bits per heavy atom. The summed E-state index contributed by atoms with van der Waals surface area (Å²) in [6, 6.07) is 3.93. The van der Waals surface area contributed by atoms with Crippen LogP contribution in [0.15, 0.2) is 59.2 Å². The Morgan fingerprint density at radius 3 is 2.67 bits per heavy atom. The van der Waals surface area contributed by atoms with E-state index in [-0.39, 0.29) is 18.2 Å². The molecule has 2 aliphatic rings. The summed E-state index contributed by atoms with van der Waals surface area (Å²) in [5.74, 6) is 0.00260. The lowest BCUT2D eigenvalue weighted by Crippen LogP contribution is -2.54. The van der Waals surface area contributed by atoms with Crippen LogP contribution >= 0.6 is 0 Å². The zero-order valence-corrected chi connectivity index (χ0v) is 15.8. The van der Waals surface area contributed by atoms with Gasteiger partial charge in [0.1, 0.15) is 36.7 Å². The van der Waals surface area contributed by atoms with E-state index in [0.717, 1.165) is 30.8 Å². The molecule has 0 fully saturated rings. The lowest BCUT2D eigenvalue weighted by Gasteiger charge is -2.37. The number of hydrogen-bond acceptors (Lipinski definition) is 3. The van der Waals surface area contributed by atoms with Gasteiger partial charge in [0, 0.05) is 13.0 Å². The third-order valence-electron chi connectivity index (χ3n) is 5.05. The molecule has 2 heterocycles. The normalized spacial score (nSPS) is 22.0. The van der Waals surface area contributed by atoms with Gasteiger partial charge in [-0.2, -0.15) is 4.99 Å². The number of allylic oxidation sites excluding steroid dienone is 3. The Kier molecular flexibility index (Phi) is 5.87. The highest BCUT2D eigenvalue weighted by atomic mass is 19.1. The summed E-state index contributed by atoms with van der Waals surface area (Å²) in [6.07, 6.45) is 10.9. The Morgan fingerprint density at radius 1 is 1.26 bits per heavy atom. The van der Waals surface area contributed by atoms with Gasteiger partial charge in [-0.1, -0.05) is 19.4 Å². The molecule has 0 saturated heterocycles. The molecule has 0 saturated carbocycles. The molecular formula is C21H26F2N3O+. The van der Waals surface area contributed by atoms with Crippen LogP contribution in [0, 0.1) is 11.6 Å². The predicted molar refractivity (Wildman–Crippen MR) is 102 cm³/mol. The molecule has 1 aromatic carbocycles. The number of quaternary nitrogens is 1. The van der Waals surface area contributed by atoms with Crippen molar-refractivity contribution in [3.05, 3.63) is 71.4 Å². The second-order valence-corrected chi connectivity index (χ2v) is 6.93. The van der Waals surface area contributed by atoms with E-state index in [1.165, 1.54) is 18.2 Å². The molecule has 0 spiro atoms. The fourth-order valence-corrected chi connectivity index (χ4v) is 3.64. The molecule has 2 aliphatic heterocycles. The van der Waals surface area contributed by atoms with Crippen LogP contribution in [0.1, 0.15) is 38.7 Å². The molecular weight excluding hydrogens is 348 g/mol. The lowest BCUT2D eigenvalue weighted by atomic mass is 10.0. The van der Waals surface area contributed by atoms with Crippen LogP contribution in [0.4, 0.5) is 8.78 Å². The van der Waals surface area contributed by atoms with Crippen LogP contribution in [-0.4, -0.2) is 22.9 Å². The quantitative estimate of drug-likeness (QED) is 0.681. The van der Waals surface area contributed by atoms with Gasteiger partial charge in [-0.25, -0.2) is 13.3 Å². The summed E-state index contributed by atoms with van der Waals surface area (Å²) in [6.45, 7) is 4.39. The van der Waals surface area contributed by atoms with E-state index in [4.69, 9.17) is 10.5 Å². The van der Waals surface area contributed by atoms with Crippen molar-refractivity contribution in [3.63, 3.8) is 0 Å². The largest absolute Gasteiger partial charge is 0.481 e. The summed E-state index contributed by atoms with van der Waals surface area (Å²) in [4.78, 5) is 4.66. The van der Waals surface area contributed by atoms with Crippen molar-refractivity contribution < 1.29 is 18.0 Å². The van der Waals surface area contributed by atoms with Crippen LogP contribution in [0.2, 0.25) is 0 Å². The number of ether oxygens (including phenoxy) is 1. The minimum atomic E-state index is -0.617.